The molecule has 1 unspecified atom stereocenters. The van der Waals surface area contributed by atoms with Crippen LogP contribution in [0.1, 0.15) is 23.3 Å². The Morgan fingerprint density at radius 3 is 2.90 bits per heavy atom. The second-order valence-electron chi connectivity index (χ2n) is 5.45. The summed E-state index contributed by atoms with van der Waals surface area (Å²) in [6.45, 7) is 1.67. The van der Waals surface area contributed by atoms with Crippen molar-refractivity contribution in [3.05, 3.63) is 24.0 Å². The van der Waals surface area contributed by atoms with Gasteiger partial charge in [0.1, 0.15) is 12.2 Å². The van der Waals surface area contributed by atoms with E-state index in [4.69, 9.17) is 5.11 Å². The SMILES string of the molecule is O=C(O)c1cccn1CC(=O)N1CCN2C(=O)CCC2C1. The molecule has 1 aromatic rings. The van der Waals surface area contributed by atoms with E-state index < -0.39 is 5.97 Å². The summed E-state index contributed by atoms with van der Waals surface area (Å²) in [5, 5.41) is 9.04. The van der Waals surface area contributed by atoms with E-state index in [1.165, 1.54) is 10.6 Å². The third kappa shape index (κ3) is 2.51. The van der Waals surface area contributed by atoms with Crippen LogP contribution in [0.4, 0.5) is 0 Å². The highest BCUT2D eigenvalue weighted by Crippen LogP contribution is 2.23. The maximum atomic E-state index is 12.3. The van der Waals surface area contributed by atoms with E-state index in [0.717, 1.165) is 6.42 Å². The van der Waals surface area contributed by atoms with Gasteiger partial charge in [-0.3, -0.25) is 9.59 Å². The number of aromatic nitrogens is 1. The van der Waals surface area contributed by atoms with Gasteiger partial charge in [0.2, 0.25) is 11.8 Å². The Morgan fingerprint density at radius 2 is 2.14 bits per heavy atom. The maximum Gasteiger partial charge on any atom is 0.352 e. The molecule has 0 aromatic carbocycles. The van der Waals surface area contributed by atoms with Gasteiger partial charge < -0.3 is 19.5 Å². The van der Waals surface area contributed by atoms with Crippen molar-refractivity contribution in [1.82, 2.24) is 14.4 Å². The van der Waals surface area contributed by atoms with Crippen LogP contribution in [-0.2, 0) is 16.1 Å². The van der Waals surface area contributed by atoms with E-state index in [1.807, 2.05) is 4.90 Å². The number of piperazine rings is 1. The van der Waals surface area contributed by atoms with E-state index >= 15 is 0 Å². The molecule has 0 aliphatic carbocycles. The van der Waals surface area contributed by atoms with Crippen molar-refractivity contribution in [2.75, 3.05) is 19.6 Å². The summed E-state index contributed by atoms with van der Waals surface area (Å²) in [4.78, 5) is 38.5. The van der Waals surface area contributed by atoms with Gasteiger partial charge >= 0.3 is 5.97 Å². The summed E-state index contributed by atoms with van der Waals surface area (Å²) in [7, 11) is 0. The fourth-order valence-corrected chi connectivity index (χ4v) is 3.08. The van der Waals surface area contributed by atoms with Crippen LogP contribution in [0.5, 0.6) is 0 Å². The minimum absolute atomic E-state index is 0.0231. The molecule has 0 radical (unpaired) electrons. The fraction of sp³-hybridized carbons (Fsp3) is 0.500. The second-order valence-corrected chi connectivity index (χ2v) is 5.45. The van der Waals surface area contributed by atoms with Crippen LogP contribution < -0.4 is 0 Å². The van der Waals surface area contributed by atoms with Crippen molar-refractivity contribution in [2.45, 2.75) is 25.4 Å². The monoisotopic (exact) mass is 291 g/mol. The number of carbonyl (C=O) groups is 3. The molecule has 112 valence electrons. The van der Waals surface area contributed by atoms with Gasteiger partial charge in [-0.1, -0.05) is 0 Å². The minimum atomic E-state index is -1.04. The highest BCUT2D eigenvalue weighted by molar-refractivity contribution is 5.87. The van der Waals surface area contributed by atoms with E-state index in [1.54, 1.807) is 17.2 Å². The Balaban J connectivity index is 1.65. The lowest BCUT2D eigenvalue weighted by molar-refractivity contribution is -0.139. The summed E-state index contributed by atoms with van der Waals surface area (Å²) >= 11 is 0. The summed E-state index contributed by atoms with van der Waals surface area (Å²) in [5.41, 5.74) is 0.109. The molecule has 1 aromatic heterocycles. The molecule has 3 rings (SSSR count). The van der Waals surface area contributed by atoms with E-state index in [2.05, 4.69) is 0 Å². The number of aromatic carboxylic acids is 1. The largest absolute Gasteiger partial charge is 0.477 e. The van der Waals surface area contributed by atoms with Gasteiger partial charge in [-0.2, -0.15) is 0 Å². The lowest BCUT2D eigenvalue weighted by Gasteiger charge is -2.37. The van der Waals surface area contributed by atoms with Crippen LogP contribution in [-0.4, -0.2) is 62.9 Å². The van der Waals surface area contributed by atoms with Crippen LogP contribution in [0.15, 0.2) is 18.3 Å². The molecular weight excluding hydrogens is 274 g/mol. The molecule has 0 spiro atoms. The first-order valence-corrected chi connectivity index (χ1v) is 7.02. The zero-order valence-corrected chi connectivity index (χ0v) is 11.6. The molecule has 21 heavy (non-hydrogen) atoms. The number of carbonyl (C=O) groups excluding carboxylic acids is 2. The van der Waals surface area contributed by atoms with Gasteiger partial charge in [-0.15, -0.1) is 0 Å². The molecule has 2 aliphatic rings. The van der Waals surface area contributed by atoms with Crippen molar-refractivity contribution < 1.29 is 19.5 Å². The smallest absolute Gasteiger partial charge is 0.352 e. The first-order chi connectivity index (χ1) is 10.1. The number of carboxylic acid groups (broad SMARTS) is 1. The minimum Gasteiger partial charge on any atom is -0.477 e. The van der Waals surface area contributed by atoms with Gasteiger partial charge in [-0.25, -0.2) is 4.79 Å². The first-order valence-electron chi connectivity index (χ1n) is 7.02. The Hall–Kier alpha value is -2.31. The first kappa shape index (κ1) is 13.7. The van der Waals surface area contributed by atoms with Crippen LogP contribution in [0.2, 0.25) is 0 Å². The zero-order chi connectivity index (χ0) is 15.0. The third-order valence-electron chi connectivity index (χ3n) is 4.20. The van der Waals surface area contributed by atoms with Crippen LogP contribution in [0.25, 0.3) is 0 Å². The molecule has 2 aliphatic heterocycles. The molecular formula is C14H17N3O4. The summed E-state index contributed by atoms with van der Waals surface area (Å²) < 4.78 is 1.44. The third-order valence-corrected chi connectivity index (χ3v) is 4.20. The van der Waals surface area contributed by atoms with Crippen molar-refractivity contribution in [3.8, 4) is 0 Å². The van der Waals surface area contributed by atoms with Crippen LogP contribution >= 0.6 is 0 Å². The van der Waals surface area contributed by atoms with Gasteiger partial charge in [0, 0.05) is 38.3 Å². The van der Waals surface area contributed by atoms with E-state index in [-0.39, 0.29) is 30.1 Å². The Bertz CT molecular complexity index is 595. The Morgan fingerprint density at radius 1 is 1.33 bits per heavy atom. The number of nitrogens with zero attached hydrogens (tertiary/aromatic N) is 3. The van der Waals surface area contributed by atoms with Crippen molar-refractivity contribution in [2.24, 2.45) is 0 Å². The Kier molecular flexibility index (Phi) is 3.40. The molecule has 1 atom stereocenters. The highest BCUT2D eigenvalue weighted by atomic mass is 16.4. The lowest BCUT2D eigenvalue weighted by atomic mass is 10.1. The molecule has 2 saturated heterocycles. The topological polar surface area (TPSA) is 82.8 Å². The molecule has 7 heteroatoms. The Labute approximate surface area is 121 Å². The van der Waals surface area contributed by atoms with Gasteiger partial charge in [-0.05, 0) is 18.6 Å². The van der Waals surface area contributed by atoms with Crippen LogP contribution in [0.3, 0.4) is 0 Å². The average molecular weight is 291 g/mol. The second kappa shape index (κ2) is 5.23. The van der Waals surface area contributed by atoms with Crippen molar-refractivity contribution in [1.29, 1.82) is 0 Å². The summed E-state index contributed by atoms with van der Waals surface area (Å²) in [6, 6.07) is 3.21. The summed E-state index contributed by atoms with van der Waals surface area (Å²) in [6.07, 6.45) is 2.96. The quantitative estimate of drug-likeness (QED) is 0.851. The molecule has 1 N–H and O–H groups in total. The number of carboxylic acids is 1. The number of amides is 2. The number of fused-ring (bicyclic) bond motifs is 1. The van der Waals surface area contributed by atoms with Crippen molar-refractivity contribution >= 4 is 17.8 Å². The lowest BCUT2D eigenvalue weighted by Crippen LogP contribution is -2.53. The molecule has 2 amide bonds. The van der Waals surface area contributed by atoms with E-state index in [0.29, 0.717) is 26.1 Å². The predicted molar refractivity (Wildman–Crippen MR) is 72.7 cm³/mol. The molecule has 0 bridgehead atoms. The number of hydrogen-bond donors (Lipinski definition) is 1. The fourth-order valence-electron chi connectivity index (χ4n) is 3.08. The van der Waals surface area contributed by atoms with Crippen molar-refractivity contribution in [3.63, 3.8) is 0 Å². The summed E-state index contributed by atoms with van der Waals surface area (Å²) in [5.74, 6) is -0.975. The number of hydrogen-bond acceptors (Lipinski definition) is 3. The molecule has 7 nitrogen and oxygen atoms in total. The predicted octanol–water partition coefficient (Wildman–Crippen LogP) is 0.0195. The van der Waals surface area contributed by atoms with E-state index in [9.17, 15) is 14.4 Å². The molecule has 2 fully saturated rings. The maximum absolute atomic E-state index is 12.3. The van der Waals surface area contributed by atoms with Crippen LogP contribution in [0, 0.1) is 0 Å². The number of rotatable bonds is 3. The van der Waals surface area contributed by atoms with Gasteiger partial charge in [0.05, 0.1) is 0 Å². The average Bonchev–Trinajstić information content (AvgIpc) is 3.06. The molecule has 0 saturated carbocycles. The van der Waals surface area contributed by atoms with Gasteiger partial charge in [0.25, 0.3) is 0 Å². The zero-order valence-electron chi connectivity index (χ0n) is 11.6. The standard InChI is InChI=1S/C14H17N3O4/c18-12-4-3-10-8-16(6-7-17(10)12)13(19)9-15-5-1-2-11(15)14(20)21/h1-2,5,10H,3-4,6-9H2,(H,20,21). The highest BCUT2D eigenvalue weighted by Gasteiger charge is 2.36. The van der Waals surface area contributed by atoms with Gasteiger partial charge in [0.15, 0.2) is 0 Å². The normalized spacial score (nSPS) is 21.5. The molecule has 3 heterocycles.